The van der Waals surface area contributed by atoms with E-state index in [2.05, 4.69) is 45.5 Å². The van der Waals surface area contributed by atoms with Gasteiger partial charge in [0, 0.05) is 25.4 Å². The van der Waals surface area contributed by atoms with Gasteiger partial charge in [-0.3, -0.25) is 19.3 Å². The molecule has 2 aromatic carbocycles. The molecule has 204 valence electrons. The number of aromatic nitrogens is 3. The third-order valence-electron chi connectivity index (χ3n) is 7.28. The van der Waals surface area contributed by atoms with E-state index in [1.165, 1.54) is 5.56 Å². The maximum atomic E-state index is 13.3. The standard InChI is InChI=1S/C31H32N6O3/c32-29(39)28(38)27(20-22-8-3-1-4-9-22)34-31(40)26-12-7-16-33-30(26)37-19-15-25(35-37)21-36-17-13-24(14-18-36)23-10-5-2-6-11-23/h1-12,15-16,19,24,27H,13-14,17-18,20-21H2,(H2,32,39)(H,34,40). The number of nitrogens with zero attached hydrogens (tertiary/aromatic N) is 4. The summed E-state index contributed by atoms with van der Waals surface area (Å²) in [5.41, 5.74) is 8.57. The van der Waals surface area contributed by atoms with E-state index < -0.39 is 23.6 Å². The zero-order valence-electron chi connectivity index (χ0n) is 22.1. The number of nitrogens with two attached hydrogens (primary N) is 1. The number of Topliss-reactive ketones (excluding diaryl/α,β-unsaturated/α-hetero) is 1. The molecular weight excluding hydrogens is 504 g/mol. The smallest absolute Gasteiger partial charge is 0.287 e. The van der Waals surface area contributed by atoms with E-state index in [1.807, 2.05) is 36.4 Å². The molecule has 9 heteroatoms. The van der Waals surface area contributed by atoms with Crippen LogP contribution in [0.3, 0.4) is 0 Å². The number of rotatable bonds is 10. The van der Waals surface area contributed by atoms with Gasteiger partial charge in [-0.25, -0.2) is 9.67 Å². The summed E-state index contributed by atoms with van der Waals surface area (Å²) in [6, 6.07) is 23.9. The number of ketones is 1. The predicted octanol–water partition coefficient (Wildman–Crippen LogP) is 3.04. The van der Waals surface area contributed by atoms with Crippen LogP contribution in [0.5, 0.6) is 0 Å². The number of piperidine rings is 1. The van der Waals surface area contributed by atoms with Gasteiger partial charge in [0.1, 0.15) is 6.04 Å². The first-order chi connectivity index (χ1) is 19.5. The zero-order valence-corrected chi connectivity index (χ0v) is 22.1. The Bertz CT molecular complexity index is 1460. The van der Waals surface area contributed by atoms with Crippen molar-refractivity contribution in [1.29, 1.82) is 0 Å². The Labute approximate surface area is 233 Å². The van der Waals surface area contributed by atoms with Crippen molar-refractivity contribution in [3.05, 3.63) is 114 Å². The molecule has 0 saturated carbocycles. The van der Waals surface area contributed by atoms with Crippen molar-refractivity contribution in [2.24, 2.45) is 5.73 Å². The lowest BCUT2D eigenvalue weighted by Crippen LogP contribution is -2.47. The van der Waals surface area contributed by atoms with Crippen molar-refractivity contribution in [2.75, 3.05) is 13.1 Å². The van der Waals surface area contributed by atoms with Crippen LogP contribution in [-0.4, -0.2) is 56.4 Å². The Hall–Kier alpha value is -4.63. The summed E-state index contributed by atoms with van der Waals surface area (Å²) in [6.45, 7) is 2.68. The number of primary amides is 1. The summed E-state index contributed by atoms with van der Waals surface area (Å²) in [7, 11) is 0. The molecule has 1 aliphatic heterocycles. The number of carbonyl (C=O) groups excluding carboxylic acids is 3. The fourth-order valence-corrected chi connectivity index (χ4v) is 5.17. The largest absolute Gasteiger partial charge is 0.363 e. The fourth-order valence-electron chi connectivity index (χ4n) is 5.17. The number of nitrogens with one attached hydrogen (secondary N) is 1. The van der Waals surface area contributed by atoms with Crippen molar-refractivity contribution in [2.45, 2.75) is 37.8 Å². The zero-order chi connectivity index (χ0) is 27.9. The number of hydrogen-bond donors (Lipinski definition) is 2. The summed E-state index contributed by atoms with van der Waals surface area (Å²) >= 11 is 0. The summed E-state index contributed by atoms with van der Waals surface area (Å²) in [4.78, 5) is 44.3. The molecule has 1 fully saturated rings. The van der Waals surface area contributed by atoms with E-state index in [0.717, 1.165) is 37.2 Å². The van der Waals surface area contributed by atoms with Gasteiger partial charge in [-0.2, -0.15) is 5.10 Å². The molecule has 1 unspecified atom stereocenters. The molecule has 0 spiro atoms. The van der Waals surface area contributed by atoms with Gasteiger partial charge < -0.3 is 11.1 Å². The van der Waals surface area contributed by atoms with Gasteiger partial charge in [0.05, 0.1) is 11.3 Å². The molecule has 4 aromatic rings. The topological polar surface area (TPSA) is 123 Å². The van der Waals surface area contributed by atoms with Crippen molar-refractivity contribution in [1.82, 2.24) is 25.0 Å². The Balaban J connectivity index is 1.26. The third kappa shape index (κ3) is 6.50. The van der Waals surface area contributed by atoms with E-state index >= 15 is 0 Å². The molecule has 2 aromatic heterocycles. The highest BCUT2D eigenvalue weighted by atomic mass is 16.2. The highest BCUT2D eigenvalue weighted by Crippen LogP contribution is 2.28. The minimum absolute atomic E-state index is 0.136. The summed E-state index contributed by atoms with van der Waals surface area (Å²) in [5.74, 6) is -1.59. The molecule has 3 N–H and O–H groups in total. The van der Waals surface area contributed by atoms with Crippen LogP contribution in [0.4, 0.5) is 0 Å². The SMILES string of the molecule is NC(=O)C(=O)C(Cc1ccccc1)NC(=O)c1cccnc1-n1ccc(CN2CCC(c3ccccc3)CC2)n1. The molecule has 0 aliphatic carbocycles. The summed E-state index contributed by atoms with van der Waals surface area (Å²) in [5, 5.41) is 7.38. The molecular formula is C31H32N6O3. The van der Waals surface area contributed by atoms with E-state index in [9.17, 15) is 14.4 Å². The number of amides is 2. The molecule has 40 heavy (non-hydrogen) atoms. The monoisotopic (exact) mass is 536 g/mol. The van der Waals surface area contributed by atoms with Crippen molar-refractivity contribution in [3.63, 3.8) is 0 Å². The first-order valence-electron chi connectivity index (χ1n) is 13.4. The minimum atomic E-state index is -1.10. The van der Waals surface area contributed by atoms with Gasteiger partial charge in [-0.1, -0.05) is 60.7 Å². The molecule has 1 aliphatic rings. The van der Waals surface area contributed by atoms with E-state index in [0.29, 0.717) is 18.3 Å². The number of likely N-dealkylation sites (tertiary alicyclic amines) is 1. The van der Waals surface area contributed by atoms with E-state index in [4.69, 9.17) is 10.8 Å². The van der Waals surface area contributed by atoms with Crippen molar-refractivity contribution < 1.29 is 14.4 Å². The maximum Gasteiger partial charge on any atom is 0.287 e. The maximum absolute atomic E-state index is 13.3. The van der Waals surface area contributed by atoms with Gasteiger partial charge in [0.25, 0.3) is 11.8 Å². The molecule has 1 saturated heterocycles. The molecule has 1 atom stereocenters. The number of pyridine rings is 1. The average molecular weight is 537 g/mol. The quantitative estimate of drug-likeness (QED) is 0.300. The van der Waals surface area contributed by atoms with Crippen LogP contribution >= 0.6 is 0 Å². The van der Waals surface area contributed by atoms with Crippen LogP contribution in [0.2, 0.25) is 0 Å². The second-order valence-electron chi connectivity index (χ2n) is 10.0. The Kier molecular flexibility index (Phi) is 8.41. The van der Waals surface area contributed by atoms with Crippen LogP contribution < -0.4 is 11.1 Å². The Morgan fingerprint density at radius 1 is 0.925 bits per heavy atom. The van der Waals surface area contributed by atoms with Crippen LogP contribution in [0.1, 0.15) is 45.9 Å². The van der Waals surface area contributed by atoms with Crippen LogP contribution in [0.25, 0.3) is 5.82 Å². The van der Waals surface area contributed by atoms with Crippen LogP contribution in [0.15, 0.2) is 91.3 Å². The van der Waals surface area contributed by atoms with Gasteiger partial charge in [0.15, 0.2) is 5.82 Å². The minimum Gasteiger partial charge on any atom is -0.363 e. The lowest BCUT2D eigenvalue weighted by Gasteiger charge is -2.31. The van der Waals surface area contributed by atoms with E-state index in [-0.39, 0.29) is 12.0 Å². The Morgan fingerprint density at radius 2 is 1.62 bits per heavy atom. The Morgan fingerprint density at radius 3 is 2.33 bits per heavy atom. The van der Waals surface area contributed by atoms with Gasteiger partial charge in [0.2, 0.25) is 5.78 Å². The van der Waals surface area contributed by atoms with Crippen molar-refractivity contribution >= 4 is 17.6 Å². The lowest BCUT2D eigenvalue weighted by atomic mass is 9.89. The van der Waals surface area contributed by atoms with E-state index in [1.54, 1.807) is 29.2 Å². The first kappa shape index (κ1) is 27.0. The summed E-state index contributed by atoms with van der Waals surface area (Å²) in [6.07, 6.45) is 5.70. The normalized spacial score (nSPS) is 14.9. The first-order valence-corrected chi connectivity index (χ1v) is 13.4. The van der Waals surface area contributed by atoms with Crippen LogP contribution in [0, 0.1) is 0 Å². The lowest BCUT2D eigenvalue weighted by molar-refractivity contribution is -0.137. The molecule has 9 nitrogen and oxygen atoms in total. The molecule has 0 radical (unpaired) electrons. The number of benzene rings is 2. The molecule has 3 heterocycles. The van der Waals surface area contributed by atoms with Crippen molar-refractivity contribution in [3.8, 4) is 5.82 Å². The molecule has 0 bridgehead atoms. The molecule has 5 rings (SSSR count). The second kappa shape index (κ2) is 12.5. The predicted molar refractivity (Wildman–Crippen MR) is 151 cm³/mol. The number of carbonyl (C=O) groups is 3. The number of hydrogen-bond acceptors (Lipinski definition) is 6. The summed E-state index contributed by atoms with van der Waals surface area (Å²) < 4.78 is 1.57. The average Bonchev–Trinajstić information content (AvgIpc) is 3.46. The van der Waals surface area contributed by atoms with Crippen LogP contribution in [-0.2, 0) is 22.6 Å². The fraction of sp³-hybridized carbons (Fsp3) is 0.258. The highest BCUT2D eigenvalue weighted by Gasteiger charge is 2.27. The molecule has 2 amide bonds. The van der Waals surface area contributed by atoms with Gasteiger partial charge in [-0.05, 0) is 61.2 Å². The third-order valence-corrected chi connectivity index (χ3v) is 7.28. The highest BCUT2D eigenvalue weighted by molar-refractivity contribution is 6.38. The second-order valence-corrected chi connectivity index (χ2v) is 10.0. The van der Waals surface area contributed by atoms with Gasteiger partial charge in [-0.15, -0.1) is 0 Å². The van der Waals surface area contributed by atoms with Gasteiger partial charge >= 0.3 is 0 Å².